The van der Waals surface area contributed by atoms with Crippen molar-refractivity contribution in [2.24, 2.45) is 5.92 Å². The van der Waals surface area contributed by atoms with Crippen LogP contribution in [0.25, 0.3) is 10.9 Å². The van der Waals surface area contributed by atoms with Crippen LogP contribution in [0.15, 0.2) is 30.5 Å². The van der Waals surface area contributed by atoms with Gasteiger partial charge < -0.3 is 15.2 Å². The molecule has 1 aromatic carbocycles. The number of carbonyl (C=O) groups excluding carboxylic acids is 2. The molecule has 27 heavy (non-hydrogen) atoms. The zero-order valence-electron chi connectivity index (χ0n) is 15.9. The van der Waals surface area contributed by atoms with Crippen molar-refractivity contribution in [1.29, 1.82) is 0 Å². The number of benzene rings is 1. The molecule has 144 valence electrons. The summed E-state index contributed by atoms with van der Waals surface area (Å²) in [4.78, 5) is 30.6. The van der Waals surface area contributed by atoms with E-state index in [0.717, 1.165) is 48.7 Å². The first kappa shape index (κ1) is 18.1. The summed E-state index contributed by atoms with van der Waals surface area (Å²) in [5.74, 6) is 0.203. The van der Waals surface area contributed by atoms with Gasteiger partial charge in [-0.25, -0.2) is 0 Å². The second kappa shape index (κ2) is 8.15. The van der Waals surface area contributed by atoms with E-state index in [9.17, 15) is 9.59 Å². The van der Waals surface area contributed by atoms with E-state index in [0.29, 0.717) is 19.0 Å². The monoisotopic (exact) mass is 367 g/mol. The molecule has 4 rings (SSSR count). The maximum absolute atomic E-state index is 12.8. The number of likely N-dealkylation sites (tertiary alicyclic amines) is 1. The van der Waals surface area contributed by atoms with Gasteiger partial charge in [-0.1, -0.05) is 37.5 Å². The zero-order chi connectivity index (χ0) is 18.6. The molecule has 2 amide bonds. The number of H-pyrrole nitrogens is 1. The highest BCUT2D eigenvalue weighted by molar-refractivity contribution is 5.89. The van der Waals surface area contributed by atoms with Crippen LogP contribution in [0, 0.1) is 5.92 Å². The van der Waals surface area contributed by atoms with Crippen molar-refractivity contribution in [1.82, 2.24) is 15.2 Å². The summed E-state index contributed by atoms with van der Waals surface area (Å²) in [6.07, 6.45) is 10.0. The fourth-order valence-corrected chi connectivity index (χ4v) is 4.54. The topological polar surface area (TPSA) is 65.2 Å². The molecule has 1 aromatic heterocycles. The molecule has 1 aliphatic carbocycles. The molecule has 2 heterocycles. The highest BCUT2D eigenvalue weighted by Crippen LogP contribution is 2.23. The Kier molecular flexibility index (Phi) is 5.46. The van der Waals surface area contributed by atoms with Crippen molar-refractivity contribution < 1.29 is 9.59 Å². The average Bonchev–Trinajstić information content (AvgIpc) is 3.12. The van der Waals surface area contributed by atoms with Gasteiger partial charge in [-0.05, 0) is 37.3 Å². The lowest BCUT2D eigenvalue weighted by Gasteiger charge is -2.33. The van der Waals surface area contributed by atoms with E-state index in [-0.39, 0.29) is 17.7 Å². The van der Waals surface area contributed by atoms with Crippen LogP contribution in [-0.2, 0) is 16.0 Å². The first-order chi connectivity index (χ1) is 13.2. The number of fused-ring (bicyclic) bond motifs is 1. The van der Waals surface area contributed by atoms with Crippen LogP contribution in [0.1, 0.15) is 50.5 Å². The third-order valence-electron chi connectivity index (χ3n) is 6.11. The Balaban J connectivity index is 1.35. The summed E-state index contributed by atoms with van der Waals surface area (Å²) in [6, 6.07) is 8.39. The average molecular weight is 367 g/mol. The maximum Gasteiger partial charge on any atom is 0.227 e. The zero-order valence-corrected chi connectivity index (χ0v) is 15.9. The van der Waals surface area contributed by atoms with Gasteiger partial charge in [0.05, 0.1) is 12.3 Å². The van der Waals surface area contributed by atoms with Crippen molar-refractivity contribution in [3.63, 3.8) is 0 Å². The van der Waals surface area contributed by atoms with Crippen LogP contribution in [0.5, 0.6) is 0 Å². The molecule has 1 aliphatic heterocycles. The van der Waals surface area contributed by atoms with E-state index < -0.39 is 0 Å². The van der Waals surface area contributed by atoms with Gasteiger partial charge in [0.2, 0.25) is 11.8 Å². The fraction of sp³-hybridized carbons (Fsp3) is 0.545. The summed E-state index contributed by atoms with van der Waals surface area (Å²) in [5.41, 5.74) is 2.09. The van der Waals surface area contributed by atoms with E-state index in [1.54, 1.807) is 0 Å². The van der Waals surface area contributed by atoms with Crippen LogP contribution in [0.2, 0.25) is 0 Å². The van der Waals surface area contributed by atoms with E-state index in [1.165, 1.54) is 19.3 Å². The number of para-hydroxylation sites is 1. The van der Waals surface area contributed by atoms with Gasteiger partial charge in [-0.3, -0.25) is 9.59 Å². The largest absolute Gasteiger partial charge is 0.361 e. The number of nitrogens with one attached hydrogen (secondary N) is 2. The molecular weight excluding hydrogens is 338 g/mol. The first-order valence-corrected chi connectivity index (χ1v) is 10.3. The lowest BCUT2D eigenvalue weighted by atomic mass is 9.93. The van der Waals surface area contributed by atoms with Crippen LogP contribution in [-0.4, -0.2) is 40.8 Å². The molecule has 2 fully saturated rings. The number of amides is 2. The summed E-state index contributed by atoms with van der Waals surface area (Å²) in [7, 11) is 0. The molecular formula is C22H29N3O2. The summed E-state index contributed by atoms with van der Waals surface area (Å²) >= 11 is 0. The van der Waals surface area contributed by atoms with Crippen molar-refractivity contribution in [3.05, 3.63) is 36.0 Å². The van der Waals surface area contributed by atoms with E-state index in [4.69, 9.17) is 0 Å². The molecule has 1 unspecified atom stereocenters. The molecule has 2 aromatic rings. The Morgan fingerprint density at radius 3 is 2.74 bits per heavy atom. The minimum atomic E-state index is -0.0624. The standard InChI is InChI=1S/C22H29N3O2/c26-21(13-17-14-23-20-11-5-4-10-19(17)20)25-12-6-7-16(15-25)22(27)24-18-8-2-1-3-9-18/h4-5,10-11,14,16,18,23H,1-3,6-9,12-13,15H2,(H,24,27). The first-order valence-electron chi connectivity index (χ1n) is 10.3. The molecule has 0 bridgehead atoms. The molecule has 5 heteroatoms. The number of aromatic amines is 1. The van der Waals surface area contributed by atoms with E-state index in [2.05, 4.69) is 10.3 Å². The van der Waals surface area contributed by atoms with E-state index >= 15 is 0 Å². The molecule has 5 nitrogen and oxygen atoms in total. The van der Waals surface area contributed by atoms with Crippen molar-refractivity contribution in [2.75, 3.05) is 13.1 Å². The van der Waals surface area contributed by atoms with Gasteiger partial charge >= 0.3 is 0 Å². The number of rotatable bonds is 4. The van der Waals surface area contributed by atoms with Crippen LogP contribution < -0.4 is 5.32 Å². The van der Waals surface area contributed by atoms with Gasteiger partial charge in [0.25, 0.3) is 0 Å². The SMILES string of the molecule is O=C(NC1CCCCC1)C1CCCN(C(=O)Cc2c[nH]c3ccccc23)C1. The number of carbonyl (C=O) groups is 2. The smallest absolute Gasteiger partial charge is 0.227 e. The quantitative estimate of drug-likeness (QED) is 0.870. The molecule has 1 saturated carbocycles. The minimum absolute atomic E-state index is 0.0624. The highest BCUT2D eigenvalue weighted by atomic mass is 16.2. The number of aromatic nitrogens is 1. The predicted molar refractivity (Wildman–Crippen MR) is 106 cm³/mol. The minimum Gasteiger partial charge on any atom is -0.361 e. The number of nitrogens with zero attached hydrogens (tertiary/aromatic N) is 1. The Morgan fingerprint density at radius 1 is 1.07 bits per heavy atom. The lowest BCUT2D eigenvalue weighted by molar-refractivity contribution is -0.135. The van der Waals surface area contributed by atoms with Gasteiger partial charge in [0.15, 0.2) is 0 Å². The predicted octanol–water partition coefficient (Wildman–Crippen LogP) is 3.40. The van der Waals surface area contributed by atoms with E-state index in [1.807, 2.05) is 35.4 Å². The van der Waals surface area contributed by atoms with Crippen molar-refractivity contribution in [3.8, 4) is 0 Å². The number of hydrogen-bond donors (Lipinski definition) is 2. The van der Waals surface area contributed by atoms with Crippen LogP contribution in [0.4, 0.5) is 0 Å². The Bertz CT molecular complexity index is 807. The van der Waals surface area contributed by atoms with Crippen LogP contribution >= 0.6 is 0 Å². The van der Waals surface area contributed by atoms with Crippen LogP contribution in [0.3, 0.4) is 0 Å². The molecule has 0 radical (unpaired) electrons. The second-order valence-corrected chi connectivity index (χ2v) is 8.06. The molecule has 2 N–H and O–H groups in total. The Labute approximate surface area is 160 Å². The maximum atomic E-state index is 12.8. The normalized spacial score (nSPS) is 21.3. The molecule has 2 aliphatic rings. The van der Waals surface area contributed by atoms with Crippen molar-refractivity contribution >= 4 is 22.7 Å². The second-order valence-electron chi connectivity index (χ2n) is 8.06. The fourth-order valence-electron chi connectivity index (χ4n) is 4.54. The summed E-state index contributed by atoms with van der Waals surface area (Å²) in [5, 5.41) is 4.34. The third-order valence-corrected chi connectivity index (χ3v) is 6.11. The van der Waals surface area contributed by atoms with Gasteiger partial charge in [0.1, 0.15) is 0 Å². The van der Waals surface area contributed by atoms with Gasteiger partial charge in [0, 0.05) is 36.2 Å². The number of hydrogen-bond acceptors (Lipinski definition) is 2. The summed E-state index contributed by atoms with van der Waals surface area (Å²) in [6.45, 7) is 1.31. The van der Waals surface area contributed by atoms with Gasteiger partial charge in [-0.2, -0.15) is 0 Å². The summed E-state index contributed by atoms with van der Waals surface area (Å²) < 4.78 is 0. The highest BCUT2D eigenvalue weighted by Gasteiger charge is 2.30. The lowest BCUT2D eigenvalue weighted by Crippen LogP contribution is -2.48. The van der Waals surface area contributed by atoms with Crippen molar-refractivity contribution in [2.45, 2.75) is 57.4 Å². The van der Waals surface area contributed by atoms with Gasteiger partial charge in [-0.15, -0.1) is 0 Å². The Morgan fingerprint density at radius 2 is 1.89 bits per heavy atom. The molecule has 1 atom stereocenters. The Hall–Kier alpha value is -2.30. The molecule has 0 spiro atoms. The third kappa shape index (κ3) is 4.18. The number of piperidine rings is 1. The molecule has 1 saturated heterocycles.